The number of imidazole rings is 1. The van der Waals surface area contributed by atoms with Crippen LogP contribution in [0.5, 0.6) is 0 Å². The maximum absolute atomic E-state index is 16.1. The maximum atomic E-state index is 16.1. The highest BCUT2D eigenvalue weighted by atomic mass is 19.1. The van der Waals surface area contributed by atoms with Gasteiger partial charge in [-0.05, 0) is 59.0 Å². The zero-order valence-electron chi connectivity index (χ0n) is 23.6. The van der Waals surface area contributed by atoms with Gasteiger partial charge in [-0.3, -0.25) is 4.40 Å². The van der Waals surface area contributed by atoms with Gasteiger partial charge in [-0.25, -0.2) is 19.0 Å². The third kappa shape index (κ3) is 5.01. The number of rotatable bonds is 6. The number of benzene rings is 2. The average Bonchev–Trinajstić information content (AvgIpc) is 3.52. The molecular weight excluding hydrogens is 521 g/mol. The summed E-state index contributed by atoms with van der Waals surface area (Å²) in [7, 11) is 4.19. The van der Waals surface area contributed by atoms with Crippen molar-refractivity contribution in [2.24, 2.45) is 0 Å². The average molecular weight is 554 g/mol. The van der Waals surface area contributed by atoms with E-state index < -0.39 is 11.4 Å². The lowest BCUT2D eigenvalue weighted by atomic mass is 10.0. The van der Waals surface area contributed by atoms with Crippen LogP contribution in [0.3, 0.4) is 0 Å². The number of piperidine rings is 1. The highest BCUT2D eigenvalue weighted by Crippen LogP contribution is 2.38. The molecule has 0 bridgehead atoms. The van der Waals surface area contributed by atoms with E-state index in [1.165, 1.54) is 10.7 Å². The van der Waals surface area contributed by atoms with Gasteiger partial charge in [0.25, 0.3) is 0 Å². The molecule has 0 amide bonds. The molecular formula is C30H32FN9O. The lowest BCUT2D eigenvalue weighted by Crippen LogP contribution is -2.45. The van der Waals surface area contributed by atoms with Crippen molar-refractivity contribution in [3.8, 4) is 28.6 Å². The summed E-state index contributed by atoms with van der Waals surface area (Å²) >= 11 is 0. The second kappa shape index (κ2) is 10.2. The second-order valence-corrected chi connectivity index (χ2v) is 11.5. The first-order valence-electron chi connectivity index (χ1n) is 13.7. The van der Waals surface area contributed by atoms with E-state index in [1.54, 1.807) is 44.4 Å². The highest BCUT2D eigenvalue weighted by molar-refractivity contribution is 5.89. The van der Waals surface area contributed by atoms with Crippen LogP contribution in [-0.2, 0) is 6.54 Å². The number of hydrogen-bond acceptors (Lipinski definition) is 8. The molecule has 0 saturated carbocycles. The molecule has 1 saturated heterocycles. The van der Waals surface area contributed by atoms with Crippen LogP contribution in [-0.4, -0.2) is 78.2 Å². The molecule has 0 aliphatic carbocycles. The highest BCUT2D eigenvalue weighted by Gasteiger charge is 2.28. The third-order valence-corrected chi connectivity index (χ3v) is 7.63. The molecule has 4 heterocycles. The summed E-state index contributed by atoms with van der Waals surface area (Å²) in [6.07, 6.45) is 5.68. The van der Waals surface area contributed by atoms with Gasteiger partial charge in [-0.15, -0.1) is 5.10 Å². The van der Waals surface area contributed by atoms with E-state index in [1.807, 2.05) is 16.5 Å². The molecule has 0 radical (unpaired) electrons. The number of nitriles is 1. The second-order valence-electron chi connectivity index (χ2n) is 11.5. The largest absolute Gasteiger partial charge is 0.389 e. The normalized spacial score (nSPS) is 16.1. The van der Waals surface area contributed by atoms with E-state index in [-0.39, 0.29) is 6.54 Å². The Morgan fingerprint density at radius 3 is 2.68 bits per heavy atom. The minimum atomic E-state index is -1.04. The van der Waals surface area contributed by atoms with Crippen molar-refractivity contribution in [3.63, 3.8) is 0 Å². The first-order chi connectivity index (χ1) is 19.6. The monoisotopic (exact) mass is 553 g/mol. The van der Waals surface area contributed by atoms with Crippen molar-refractivity contribution in [2.45, 2.75) is 44.9 Å². The van der Waals surface area contributed by atoms with Gasteiger partial charge in [0.2, 0.25) is 0 Å². The lowest BCUT2D eigenvalue weighted by Gasteiger charge is -2.36. The lowest BCUT2D eigenvalue weighted by molar-refractivity contribution is 0.0585. The Labute approximate surface area is 237 Å². The summed E-state index contributed by atoms with van der Waals surface area (Å²) in [5, 5.41) is 28.1. The van der Waals surface area contributed by atoms with E-state index in [0.29, 0.717) is 45.2 Å². The predicted octanol–water partition coefficient (Wildman–Crippen LogP) is 4.12. The van der Waals surface area contributed by atoms with E-state index >= 15 is 4.39 Å². The standard InChI is InChI=1S/C30H32FN9O/c1-30(2,41)18-40-25-15-23(31)22(14-24(25)35-36-40)27-26(20-9-7-19(16-32)8-10-20)34-29-28(33-11-13-39(27)29)38-12-5-6-21(17-38)37(3)4/h7-11,13-15,21,41H,5-6,12,17-18H2,1-4H3/t21-/m1/s1. The van der Waals surface area contributed by atoms with Crippen LogP contribution >= 0.6 is 0 Å². The molecule has 0 spiro atoms. The summed E-state index contributed by atoms with van der Waals surface area (Å²) in [4.78, 5) is 14.3. The molecule has 3 aromatic heterocycles. The van der Waals surface area contributed by atoms with Crippen LogP contribution in [0.4, 0.5) is 10.2 Å². The number of fused-ring (bicyclic) bond motifs is 2. The zero-order valence-corrected chi connectivity index (χ0v) is 23.6. The van der Waals surface area contributed by atoms with Crippen LogP contribution < -0.4 is 4.90 Å². The number of aromatic nitrogens is 6. The minimum absolute atomic E-state index is 0.174. The smallest absolute Gasteiger partial charge is 0.181 e. The summed E-state index contributed by atoms with van der Waals surface area (Å²) < 4.78 is 19.5. The maximum Gasteiger partial charge on any atom is 0.181 e. The zero-order chi connectivity index (χ0) is 28.9. The molecule has 5 aromatic rings. The summed E-state index contributed by atoms with van der Waals surface area (Å²) in [5.41, 5.74) is 3.33. The van der Waals surface area contributed by atoms with Crippen LogP contribution in [0.25, 0.3) is 39.2 Å². The Balaban J connectivity index is 1.56. The molecule has 1 fully saturated rings. The minimum Gasteiger partial charge on any atom is -0.389 e. The predicted molar refractivity (Wildman–Crippen MR) is 155 cm³/mol. The van der Waals surface area contributed by atoms with E-state index in [4.69, 9.17) is 9.97 Å². The summed E-state index contributed by atoms with van der Waals surface area (Å²) in [5.74, 6) is 0.287. The first-order valence-corrected chi connectivity index (χ1v) is 13.7. The Hall–Kier alpha value is -4.40. The number of likely N-dealkylation sites (N-methyl/N-ethyl adjacent to an activating group) is 1. The number of halogens is 1. The molecule has 1 atom stereocenters. The van der Waals surface area contributed by atoms with Gasteiger partial charge in [-0.2, -0.15) is 5.26 Å². The van der Waals surface area contributed by atoms with Gasteiger partial charge in [-0.1, -0.05) is 17.3 Å². The van der Waals surface area contributed by atoms with Crippen LogP contribution in [0.1, 0.15) is 32.3 Å². The molecule has 6 rings (SSSR count). The summed E-state index contributed by atoms with van der Waals surface area (Å²) in [6, 6.07) is 12.8. The summed E-state index contributed by atoms with van der Waals surface area (Å²) in [6.45, 7) is 5.19. The SMILES string of the molecule is CN(C)[C@@H]1CCCN(c2nccn3c(-c4cc5nnn(CC(C)(C)O)c5cc4F)c(-c4ccc(C#N)cc4)nc23)C1. The van der Waals surface area contributed by atoms with Gasteiger partial charge >= 0.3 is 0 Å². The van der Waals surface area contributed by atoms with Crippen LogP contribution in [0.2, 0.25) is 0 Å². The van der Waals surface area contributed by atoms with Crippen LogP contribution in [0.15, 0.2) is 48.8 Å². The molecule has 1 aliphatic rings. The quantitative estimate of drug-likeness (QED) is 0.334. The van der Waals surface area contributed by atoms with Gasteiger partial charge in [0.15, 0.2) is 11.5 Å². The van der Waals surface area contributed by atoms with E-state index in [0.717, 1.165) is 37.3 Å². The molecule has 1 N–H and O–H groups in total. The Morgan fingerprint density at radius 1 is 1.20 bits per heavy atom. The fourth-order valence-corrected chi connectivity index (χ4v) is 5.57. The molecule has 10 nitrogen and oxygen atoms in total. The van der Waals surface area contributed by atoms with Crippen molar-refractivity contribution in [1.82, 2.24) is 34.3 Å². The van der Waals surface area contributed by atoms with Gasteiger partial charge < -0.3 is 14.9 Å². The fourth-order valence-electron chi connectivity index (χ4n) is 5.57. The van der Waals surface area contributed by atoms with Crippen molar-refractivity contribution in [3.05, 3.63) is 60.2 Å². The fraction of sp³-hybridized carbons (Fsp3) is 0.367. The van der Waals surface area contributed by atoms with Gasteiger partial charge in [0.05, 0.1) is 40.7 Å². The third-order valence-electron chi connectivity index (χ3n) is 7.63. The molecule has 210 valence electrons. The number of anilines is 1. The Bertz CT molecular complexity index is 1780. The number of nitrogens with zero attached hydrogens (tertiary/aromatic N) is 9. The molecule has 11 heteroatoms. The van der Waals surface area contributed by atoms with Crippen molar-refractivity contribution >= 4 is 22.5 Å². The molecule has 2 aromatic carbocycles. The topological polar surface area (TPSA) is 111 Å². The number of aliphatic hydroxyl groups is 1. The number of hydrogen-bond donors (Lipinski definition) is 1. The molecule has 0 unspecified atom stereocenters. The van der Waals surface area contributed by atoms with Crippen molar-refractivity contribution < 1.29 is 9.50 Å². The van der Waals surface area contributed by atoms with Crippen molar-refractivity contribution in [1.29, 1.82) is 5.26 Å². The molecule has 41 heavy (non-hydrogen) atoms. The van der Waals surface area contributed by atoms with E-state index in [9.17, 15) is 10.4 Å². The Kier molecular flexibility index (Phi) is 6.68. The Morgan fingerprint density at radius 2 is 1.98 bits per heavy atom. The van der Waals surface area contributed by atoms with Gasteiger partial charge in [0, 0.05) is 48.7 Å². The van der Waals surface area contributed by atoms with Gasteiger partial charge in [0.1, 0.15) is 11.3 Å². The van der Waals surface area contributed by atoms with Crippen LogP contribution in [0, 0.1) is 17.1 Å². The van der Waals surface area contributed by atoms with E-state index in [2.05, 4.69) is 40.3 Å². The van der Waals surface area contributed by atoms with Crippen molar-refractivity contribution in [2.75, 3.05) is 32.1 Å². The first kappa shape index (κ1) is 26.8. The molecule has 1 aliphatic heterocycles.